The van der Waals surface area contributed by atoms with Crippen LogP contribution in [0.25, 0.3) is 0 Å². The second-order valence-electron chi connectivity index (χ2n) is 6.01. The number of rotatable bonds is 7. The van der Waals surface area contributed by atoms with Crippen molar-refractivity contribution in [2.24, 2.45) is 5.92 Å². The lowest BCUT2D eigenvalue weighted by Gasteiger charge is -2.28. The fourth-order valence-electron chi connectivity index (χ4n) is 2.96. The third-order valence-electron chi connectivity index (χ3n) is 4.25. The second-order valence-corrected chi connectivity index (χ2v) is 6.01. The predicted molar refractivity (Wildman–Crippen MR) is 86.4 cm³/mol. The smallest absolute Gasteiger partial charge is 0.223 e. The molecule has 1 saturated heterocycles. The molecule has 1 aromatic rings. The molecule has 3 atom stereocenters. The lowest BCUT2D eigenvalue weighted by atomic mass is 9.92. The van der Waals surface area contributed by atoms with Crippen LogP contribution in [-0.2, 0) is 9.53 Å². The third-order valence-corrected chi connectivity index (χ3v) is 4.25. The van der Waals surface area contributed by atoms with Crippen LogP contribution in [0.4, 0.5) is 0 Å². The summed E-state index contributed by atoms with van der Waals surface area (Å²) in [6.45, 7) is 3.32. The molecule has 122 valence electrons. The molecule has 1 fully saturated rings. The van der Waals surface area contributed by atoms with Crippen molar-refractivity contribution in [3.8, 4) is 0 Å². The largest absolute Gasteiger partial charge is 0.388 e. The maximum atomic E-state index is 12.2. The van der Waals surface area contributed by atoms with Gasteiger partial charge in [0.25, 0.3) is 0 Å². The van der Waals surface area contributed by atoms with Gasteiger partial charge in [-0.15, -0.1) is 0 Å². The number of carbonyl (C=O) groups is 1. The number of nitrogens with one attached hydrogen (secondary N) is 1. The molecule has 1 aromatic carbocycles. The summed E-state index contributed by atoms with van der Waals surface area (Å²) in [5.41, 5.74) is 0.894. The number of aliphatic hydroxyl groups excluding tert-OH is 1. The molecular formula is C18H27NO3. The molecular weight excluding hydrogens is 278 g/mol. The molecule has 0 spiro atoms. The quantitative estimate of drug-likeness (QED) is 0.814. The standard InChI is InChI=1S/C18H27NO3/c1-2-6-16-13-15(10-12-22-16)18(21)19-11-9-17(20)14-7-4-3-5-8-14/h3-5,7-8,15-17,20H,2,6,9-13H2,1H3,(H,19,21). The minimum absolute atomic E-state index is 0.0548. The highest BCUT2D eigenvalue weighted by atomic mass is 16.5. The van der Waals surface area contributed by atoms with Crippen LogP contribution < -0.4 is 5.32 Å². The van der Waals surface area contributed by atoms with Gasteiger partial charge in [-0.05, 0) is 31.2 Å². The fraction of sp³-hybridized carbons (Fsp3) is 0.611. The first-order valence-corrected chi connectivity index (χ1v) is 8.33. The summed E-state index contributed by atoms with van der Waals surface area (Å²) in [5.74, 6) is 0.156. The Hall–Kier alpha value is -1.39. The zero-order valence-corrected chi connectivity index (χ0v) is 13.3. The lowest BCUT2D eigenvalue weighted by Crippen LogP contribution is -2.38. The molecule has 1 heterocycles. The SMILES string of the molecule is CCCC1CC(C(=O)NCCC(O)c2ccccc2)CCO1. The van der Waals surface area contributed by atoms with Gasteiger partial charge in [0, 0.05) is 19.1 Å². The second kappa shape index (κ2) is 8.91. The van der Waals surface area contributed by atoms with Crippen LogP contribution in [0.5, 0.6) is 0 Å². The molecule has 0 aromatic heterocycles. The van der Waals surface area contributed by atoms with Crippen molar-refractivity contribution < 1.29 is 14.6 Å². The fourth-order valence-corrected chi connectivity index (χ4v) is 2.96. The van der Waals surface area contributed by atoms with E-state index in [1.54, 1.807) is 0 Å². The highest BCUT2D eigenvalue weighted by molar-refractivity contribution is 5.78. The van der Waals surface area contributed by atoms with Crippen LogP contribution in [0.1, 0.15) is 50.7 Å². The molecule has 3 unspecified atom stereocenters. The van der Waals surface area contributed by atoms with Crippen LogP contribution in [0.15, 0.2) is 30.3 Å². The molecule has 0 saturated carbocycles. The topological polar surface area (TPSA) is 58.6 Å². The Morgan fingerprint density at radius 2 is 2.18 bits per heavy atom. The minimum atomic E-state index is -0.524. The molecule has 4 nitrogen and oxygen atoms in total. The van der Waals surface area contributed by atoms with E-state index >= 15 is 0 Å². The van der Waals surface area contributed by atoms with E-state index in [1.807, 2.05) is 30.3 Å². The van der Waals surface area contributed by atoms with Crippen molar-refractivity contribution in [3.63, 3.8) is 0 Å². The summed E-state index contributed by atoms with van der Waals surface area (Å²) < 4.78 is 5.68. The molecule has 22 heavy (non-hydrogen) atoms. The number of hydrogen-bond donors (Lipinski definition) is 2. The van der Waals surface area contributed by atoms with Crippen molar-refractivity contribution in [1.82, 2.24) is 5.32 Å². The number of aliphatic hydroxyl groups is 1. The predicted octanol–water partition coefficient (Wildman–Crippen LogP) is 2.82. The highest BCUT2D eigenvalue weighted by Gasteiger charge is 2.27. The summed E-state index contributed by atoms with van der Waals surface area (Å²) in [4.78, 5) is 12.2. The van der Waals surface area contributed by atoms with Crippen LogP contribution >= 0.6 is 0 Å². The van der Waals surface area contributed by atoms with E-state index in [0.717, 1.165) is 31.2 Å². The van der Waals surface area contributed by atoms with E-state index in [2.05, 4.69) is 12.2 Å². The van der Waals surface area contributed by atoms with Crippen LogP contribution in [0.2, 0.25) is 0 Å². The van der Waals surface area contributed by atoms with E-state index < -0.39 is 6.10 Å². The van der Waals surface area contributed by atoms with Crippen molar-refractivity contribution in [3.05, 3.63) is 35.9 Å². The summed E-state index contributed by atoms with van der Waals surface area (Å²) in [6.07, 6.45) is 3.97. The number of benzene rings is 1. The molecule has 1 aliphatic rings. The Balaban J connectivity index is 1.71. The Bertz CT molecular complexity index is 447. The van der Waals surface area contributed by atoms with E-state index in [1.165, 1.54) is 0 Å². The average Bonchev–Trinajstić information content (AvgIpc) is 2.56. The van der Waals surface area contributed by atoms with Gasteiger partial charge < -0.3 is 15.2 Å². The minimum Gasteiger partial charge on any atom is -0.388 e. The maximum absolute atomic E-state index is 12.2. The first kappa shape index (κ1) is 17.0. The zero-order chi connectivity index (χ0) is 15.8. The van der Waals surface area contributed by atoms with Crippen LogP contribution in [0, 0.1) is 5.92 Å². The normalized spacial score (nSPS) is 23.0. The Kier molecular flexibility index (Phi) is 6.87. The van der Waals surface area contributed by atoms with Crippen molar-refractivity contribution in [2.45, 2.75) is 51.2 Å². The molecule has 2 rings (SSSR count). The van der Waals surface area contributed by atoms with Gasteiger partial charge in [0.05, 0.1) is 12.2 Å². The monoisotopic (exact) mass is 305 g/mol. The average molecular weight is 305 g/mol. The van der Waals surface area contributed by atoms with Crippen molar-refractivity contribution in [2.75, 3.05) is 13.2 Å². The number of hydrogen-bond acceptors (Lipinski definition) is 3. The summed E-state index contributed by atoms with van der Waals surface area (Å²) in [6, 6.07) is 9.55. The number of ether oxygens (including phenoxy) is 1. The van der Waals surface area contributed by atoms with E-state index in [4.69, 9.17) is 4.74 Å². The van der Waals surface area contributed by atoms with Gasteiger partial charge in [-0.2, -0.15) is 0 Å². The van der Waals surface area contributed by atoms with E-state index in [9.17, 15) is 9.90 Å². The molecule has 0 radical (unpaired) electrons. The number of carbonyl (C=O) groups excluding carboxylic acids is 1. The zero-order valence-electron chi connectivity index (χ0n) is 13.3. The summed E-state index contributed by atoms with van der Waals surface area (Å²) in [7, 11) is 0. The maximum Gasteiger partial charge on any atom is 0.223 e. The molecule has 4 heteroatoms. The molecule has 1 aliphatic heterocycles. The van der Waals surface area contributed by atoms with E-state index in [-0.39, 0.29) is 17.9 Å². The molecule has 1 amide bonds. The molecule has 2 N–H and O–H groups in total. The summed E-state index contributed by atoms with van der Waals surface area (Å²) in [5, 5.41) is 13.0. The van der Waals surface area contributed by atoms with E-state index in [0.29, 0.717) is 19.6 Å². The third kappa shape index (κ3) is 5.11. The first-order valence-electron chi connectivity index (χ1n) is 8.33. The van der Waals surface area contributed by atoms with Gasteiger partial charge in [0.15, 0.2) is 0 Å². The molecule has 0 aliphatic carbocycles. The highest BCUT2D eigenvalue weighted by Crippen LogP contribution is 2.23. The van der Waals surface area contributed by atoms with Gasteiger partial charge >= 0.3 is 0 Å². The Labute approximate surface area is 132 Å². The van der Waals surface area contributed by atoms with Gasteiger partial charge in [-0.25, -0.2) is 0 Å². The van der Waals surface area contributed by atoms with Crippen molar-refractivity contribution >= 4 is 5.91 Å². The van der Waals surface area contributed by atoms with Crippen LogP contribution in [-0.4, -0.2) is 30.3 Å². The first-order chi connectivity index (χ1) is 10.7. The Morgan fingerprint density at radius 3 is 2.91 bits per heavy atom. The van der Waals surface area contributed by atoms with Gasteiger partial charge in [-0.1, -0.05) is 43.7 Å². The number of amides is 1. The van der Waals surface area contributed by atoms with Crippen LogP contribution in [0.3, 0.4) is 0 Å². The lowest BCUT2D eigenvalue weighted by molar-refractivity contribution is -0.130. The van der Waals surface area contributed by atoms with Gasteiger partial charge in [0.2, 0.25) is 5.91 Å². The van der Waals surface area contributed by atoms with Gasteiger partial charge in [0.1, 0.15) is 0 Å². The van der Waals surface area contributed by atoms with Gasteiger partial charge in [-0.3, -0.25) is 4.79 Å². The molecule has 0 bridgehead atoms. The summed E-state index contributed by atoms with van der Waals surface area (Å²) >= 11 is 0. The Morgan fingerprint density at radius 1 is 1.41 bits per heavy atom. The van der Waals surface area contributed by atoms with Crippen molar-refractivity contribution in [1.29, 1.82) is 0 Å².